The fraction of sp³-hybridized carbons (Fsp3) is 1.00. The molecule has 2 fully saturated rings. The first kappa shape index (κ1) is 14.4. The van der Waals surface area contributed by atoms with Crippen molar-refractivity contribution in [3.63, 3.8) is 0 Å². The van der Waals surface area contributed by atoms with Crippen molar-refractivity contribution in [2.24, 2.45) is 22.7 Å². The van der Waals surface area contributed by atoms with Gasteiger partial charge < -0.3 is 0 Å². The first-order chi connectivity index (χ1) is 8.54. The van der Waals surface area contributed by atoms with Crippen LogP contribution in [0.4, 0.5) is 0 Å². The molecule has 0 nitrogen and oxygen atoms in total. The molecule has 0 aromatic carbocycles. The molecule has 0 heterocycles. The van der Waals surface area contributed by atoms with Crippen molar-refractivity contribution in [2.45, 2.75) is 91.9 Å². The Labute approximate surface area is 115 Å². The SMILES string of the molecule is CCC[C@@H](CC)CCC(C)(C)C1CC12CCCC2. The summed E-state index contributed by atoms with van der Waals surface area (Å²) in [5.41, 5.74) is 1.45. The van der Waals surface area contributed by atoms with Crippen LogP contribution in [-0.2, 0) is 0 Å². The van der Waals surface area contributed by atoms with E-state index in [9.17, 15) is 0 Å². The van der Waals surface area contributed by atoms with Gasteiger partial charge in [0.15, 0.2) is 0 Å². The Kier molecular flexibility index (Phi) is 4.44. The van der Waals surface area contributed by atoms with Crippen LogP contribution in [0.5, 0.6) is 0 Å². The van der Waals surface area contributed by atoms with Crippen LogP contribution in [0.2, 0.25) is 0 Å². The highest BCUT2D eigenvalue weighted by Crippen LogP contribution is 2.69. The molecule has 2 rings (SSSR count). The number of hydrogen-bond acceptors (Lipinski definition) is 0. The van der Waals surface area contributed by atoms with Gasteiger partial charge in [-0.3, -0.25) is 0 Å². The van der Waals surface area contributed by atoms with Crippen LogP contribution < -0.4 is 0 Å². The van der Waals surface area contributed by atoms with Crippen LogP contribution in [0, 0.1) is 22.7 Å². The predicted molar refractivity (Wildman–Crippen MR) is 80.7 cm³/mol. The van der Waals surface area contributed by atoms with Crippen LogP contribution in [0.1, 0.15) is 91.9 Å². The molecule has 18 heavy (non-hydrogen) atoms. The van der Waals surface area contributed by atoms with Gasteiger partial charge >= 0.3 is 0 Å². The first-order valence-electron chi connectivity index (χ1n) is 8.54. The van der Waals surface area contributed by atoms with Crippen LogP contribution in [0.15, 0.2) is 0 Å². The predicted octanol–water partition coefficient (Wildman–Crippen LogP) is 6.20. The zero-order valence-electron chi connectivity index (χ0n) is 13.2. The fourth-order valence-electron chi connectivity index (χ4n) is 4.80. The van der Waals surface area contributed by atoms with Crippen molar-refractivity contribution in [1.29, 1.82) is 0 Å². The zero-order chi connectivity index (χ0) is 13.2. The van der Waals surface area contributed by atoms with Crippen molar-refractivity contribution >= 4 is 0 Å². The van der Waals surface area contributed by atoms with Gasteiger partial charge in [0.1, 0.15) is 0 Å². The summed E-state index contributed by atoms with van der Waals surface area (Å²) >= 11 is 0. The topological polar surface area (TPSA) is 0 Å². The molecule has 1 spiro atoms. The van der Waals surface area contributed by atoms with Crippen molar-refractivity contribution in [3.8, 4) is 0 Å². The summed E-state index contributed by atoms with van der Waals surface area (Å²) in [6, 6.07) is 0. The molecule has 2 aliphatic rings. The average molecular weight is 250 g/mol. The molecular weight excluding hydrogens is 216 g/mol. The second kappa shape index (κ2) is 5.55. The molecular formula is C18H34. The normalized spacial score (nSPS) is 27.7. The molecule has 0 heteroatoms. The largest absolute Gasteiger partial charge is 0.0654 e. The van der Waals surface area contributed by atoms with E-state index in [1.807, 2.05) is 0 Å². The molecule has 2 aliphatic carbocycles. The summed E-state index contributed by atoms with van der Waals surface area (Å²) in [6.07, 6.45) is 14.8. The molecule has 1 unspecified atom stereocenters. The highest BCUT2D eigenvalue weighted by molar-refractivity contribution is 5.09. The Balaban J connectivity index is 1.81. The monoisotopic (exact) mass is 250 g/mol. The van der Waals surface area contributed by atoms with Gasteiger partial charge in [-0.05, 0) is 54.8 Å². The lowest BCUT2D eigenvalue weighted by atomic mass is 9.76. The van der Waals surface area contributed by atoms with E-state index >= 15 is 0 Å². The minimum absolute atomic E-state index is 0.617. The molecule has 0 N–H and O–H groups in total. The van der Waals surface area contributed by atoms with Crippen LogP contribution in [0.25, 0.3) is 0 Å². The molecule has 0 aliphatic heterocycles. The molecule has 0 aromatic heterocycles. The lowest BCUT2D eigenvalue weighted by Gasteiger charge is -2.29. The molecule has 0 amide bonds. The van der Waals surface area contributed by atoms with Crippen molar-refractivity contribution < 1.29 is 0 Å². The maximum Gasteiger partial charge on any atom is -0.0261 e. The van der Waals surface area contributed by atoms with Gasteiger partial charge in [0.05, 0.1) is 0 Å². The molecule has 0 bridgehead atoms. The highest BCUT2D eigenvalue weighted by atomic mass is 14.6. The molecule has 2 atom stereocenters. The molecule has 0 saturated heterocycles. The maximum absolute atomic E-state index is 2.56. The molecule has 2 saturated carbocycles. The lowest BCUT2D eigenvalue weighted by Crippen LogP contribution is -2.20. The quantitative estimate of drug-likeness (QED) is 0.504. The average Bonchev–Trinajstić information content (AvgIpc) is 2.85. The van der Waals surface area contributed by atoms with E-state index in [1.165, 1.54) is 44.9 Å². The summed E-state index contributed by atoms with van der Waals surface area (Å²) in [5.74, 6) is 2.05. The Morgan fingerprint density at radius 2 is 1.78 bits per heavy atom. The molecule has 0 aromatic rings. The van der Waals surface area contributed by atoms with E-state index in [0.717, 1.165) is 17.3 Å². The van der Waals surface area contributed by atoms with Crippen molar-refractivity contribution in [2.75, 3.05) is 0 Å². The van der Waals surface area contributed by atoms with Crippen LogP contribution in [-0.4, -0.2) is 0 Å². The van der Waals surface area contributed by atoms with E-state index in [2.05, 4.69) is 27.7 Å². The zero-order valence-corrected chi connectivity index (χ0v) is 13.2. The molecule has 106 valence electrons. The van der Waals surface area contributed by atoms with Gasteiger partial charge in [-0.2, -0.15) is 0 Å². The van der Waals surface area contributed by atoms with Gasteiger partial charge in [-0.1, -0.05) is 59.8 Å². The lowest BCUT2D eigenvalue weighted by molar-refractivity contribution is 0.209. The summed E-state index contributed by atoms with van der Waals surface area (Å²) < 4.78 is 0. The van der Waals surface area contributed by atoms with Crippen LogP contribution >= 0.6 is 0 Å². The summed E-state index contributed by atoms with van der Waals surface area (Å²) in [5, 5.41) is 0. The van der Waals surface area contributed by atoms with E-state index in [1.54, 1.807) is 19.3 Å². The van der Waals surface area contributed by atoms with Crippen LogP contribution in [0.3, 0.4) is 0 Å². The summed E-state index contributed by atoms with van der Waals surface area (Å²) in [6.45, 7) is 9.83. The fourth-order valence-corrected chi connectivity index (χ4v) is 4.80. The smallest absolute Gasteiger partial charge is 0.0261 e. The van der Waals surface area contributed by atoms with Gasteiger partial charge in [0.2, 0.25) is 0 Å². The van der Waals surface area contributed by atoms with Gasteiger partial charge in [0, 0.05) is 0 Å². The number of hydrogen-bond donors (Lipinski definition) is 0. The van der Waals surface area contributed by atoms with E-state index < -0.39 is 0 Å². The van der Waals surface area contributed by atoms with Crippen molar-refractivity contribution in [3.05, 3.63) is 0 Å². The Morgan fingerprint density at radius 3 is 2.33 bits per heavy atom. The Hall–Kier alpha value is 0. The Morgan fingerprint density at radius 1 is 1.11 bits per heavy atom. The van der Waals surface area contributed by atoms with Gasteiger partial charge in [0.25, 0.3) is 0 Å². The third kappa shape index (κ3) is 2.94. The molecule has 0 radical (unpaired) electrons. The third-order valence-corrected chi connectivity index (χ3v) is 6.20. The summed E-state index contributed by atoms with van der Waals surface area (Å²) in [7, 11) is 0. The Bertz CT molecular complexity index is 257. The van der Waals surface area contributed by atoms with Gasteiger partial charge in [-0.15, -0.1) is 0 Å². The highest BCUT2D eigenvalue weighted by Gasteiger charge is 2.60. The standard InChI is InChI=1S/C18H34/c1-5-9-15(6-2)10-13-17(3,4)16-14-18(16)11-7-8-12-18/h15-16H,5-14H2,1-4H3/t15-,16?/m1/s1. The second-order valence-corrected chi connectivity index (χ2v) is 7.92. The van der Waals surface area contributed by atoms with Gasteiger partial charge in [-0.25, -0.2) is 0 Å². The second-order valence-electron chi connectivity index (χ2n) is 7.92. The third-order valence-electron chi connectivity index (χ3n) is 6.20. The first-order valence-corrected chi connectivity index (χ1v) is 8.54. The minimum atomic E-state index is 0.617. The maximum atomic E-state index is 2.56. The van der Waals surface area contributed by atoms with Crippen molar-refractivity contribution in [1.82, 2.24) is 0 Å². The minimum Gasteiger partial charge on any atom is -0.0654 e. The van der Waals surface area contributed by atoms with E-state index in [4.69, 9.17) is 0 Å². The van der Waals surface area contributed by atoms with E-state index in [-0.39, 0.29) is 0 Å². The number of rotatable bonds is 7. The van der Waals surface area contributed by atoms with E-state index in [0.29, 0.717) is 5.41 Å². The summed E-state index contributed by atoms with van der Waals surface area (Å²) in [4.78, 5) is 0.